The predicted molar refractivity (Wildman–Crippen MR) is 75.5 cm³/mol. The highest BCUT2D eigenvalue weighted by atomic mass is 16.2. The van der Waals surface area contributed by atoms with E-state index in [4.69, 9.17) is 0 Å². The molecule has 1 N–H and O–H groups in total. The fraction of sp³-hybridized carbons (Fsp3) is 0.562. The molecule has 2 atom stereocenters. The highest BCUT2D eigenvalue weighted by Gasteiger charge is 2.47. The molecule has 3 heteroatoms. The lowest BCUT2D eigenvalue weighted by Gasteiger charge is -2.28. The third-order valence-electron chi connectivity index (χ3n) is 4.70. The third kappa shape index (κ3) is 2.27. The second-order valence-corrected chi connectivity index (χ2v) is 6.02. The standard InChI is InChI=1S/C16H22N2O/c1-3-16(9-10-16)11-18-14(17-12(2)15(18)19)13-7-5-4-6-8-13/h4-8,12,14,17H,3,9-11H2,1-2H3. The monoisotopic (exact) mass is 258 g/mol. The highest BCUT2D eigenvalue weighted by Crippen LogP contribution is 2.50. The molecule has 2 fully saturated rings. The Morgan fingerprint density at radius 2 is 2.00 bits per heavy atom. The number of nitrogens with one attached hydrogen (secondary N) is 1. The van der Waals surface area contributed by atoms with Crippen LogP contribution in [0.15, 0.2) is 30.3 Å². The van der Waals surface area contributed by atoms with E-state index in [1.165, 1.54) is 24.8 Å². The Kier molecular flexibility index (Phi) is 3.09. The van der Waals surface area contributed by atoms with Gasteiger partial charge in [0.1, 0.15) is 6.17 Å². The fourth-order valence-electron chi connectivity index (χ4n) is 3.02. The first-order valence-corrected chi connectivity index (χ1v) is 7.27. The third-order valence-corrected chi connectivity index (χ3v) is 4.70. The minimum Gasteiger partial charge on any atom is -0.321 e. The van der Waals surface area contributed by atoms with Crippen LogP contribution in [-0.2, 0) is 4.79 Å². The molecule has 1 saturated carbocycles. The first-order valence-electron chi connectivity index (χ1n) is 7.27. The molecule has 0 bridgehead atoms. The summed E-state index contributed by atoms with van der Waals surface area (Å²) in [6, 6.07) is 10.2. The minimum atomic E-state index is -0.0714. The average Bonchev–Trinajstić information content (AvgIpc) is 3.17. The molecule has 0 radical (unpaired) electrons. The Hall–Kier alpha value is -1.35. The van der Waals surface area contributed by atoms with Gasteiger partial charge >= 0.3 is 0 Å². The first-order chi connectivity index (χ1) is 9.15. The molecule has 1 heterocycles. The molecule has 1 aromatic carbocycles. The molecular weight excluding hydrogens is 236 g/mol. The summed E-state index contributed by atoms with van der Waals surface area (Å²) >= 11 is 0. The number of amides is 1. The van der Waals surface area contributed by atoms with Crippen LogP contribution in [0, 0.1) is 5.41 Å². The number of carbonyl (C=O) groups is 1. The van der Waals surface area contributed by atoms with Gasteiger partial charge in [-0.1, -0.05) is 37.3 Å². The van der Waals surface area contributed by atoms with E-state index in [0.717, 1.165) is 6.54 Å². The summed E-state index contributed by atoms with van der Waals surface area (Å²) in [7, 11) is 0. The Labute approximate surface area is 115 Å². The van der Waals surface area contributed by atoms with Crippen LogP contribution < -0.4 is 5.32 Å². The van der Waals surface area contributed by atoms with Gasteiger partial charge in [0.2, 0.25) is 5.91 Å². The van der Waals surface area contributed by atoms with Crippen LogP contribution in [0.4, 0.5) is 0 Å². The molecule has 19 heavy (non-hydrogen) atoms. The maximum atomic E-state index is 12.4. The second kappa shape index (κ2) is 4.64. The topological polar surface area (TPSA) is 32.3 Å². The van der Waals surface area contributed by atoms with Gasteiger partial charge in [-0.05, 0) is 37.2 Å². The summed E-state index contributed by atoms with van der Waals surface area (Å²) in [5.41, 5.74) is 1.58. The van der Waals surface area contributed by atoms with Crippen LogP contribution in [0.25, 0.3) is 0 Å². The number of carbonyl (C=O) groups excluding carboxylic acids is 1. The van der Waals surface area contributed by atoms with Gasteiger partial charge < -0.3 is 4.90 Å². The van der Waals surface area contributed by atoms with Crippen molar-refractivity contribution in [3.8, 4) is 0 Å². The fourth-order valence-corrected chi connectivity index (χ4v) is 3.02. The molecule has 1 saturated heterocycles. The summed E-state index contributed by atoms with van der Waals surface area (Å²) in [5, 5.41) is 3.42. The van der Waals surface area contributed by atoms with Crippen molar-refractivity contribution in [3.63, 3.8) is 0 Å². The van der Waals surface area contributed by atoms with Gasteiger partial charge in [0, 0.05) is 6.54 Å². The zero-order valence-electron chi connectivity index (χ0n) is 11.7. The van der Waals surface area contributed by atoms with Crippen molar-refractivity contribution in [2.24, 2.45) is 5.41 Å². The van der Waals surface area contributed by atoms with Gasteiger partial charge in [0.05, 0.1) is 6.04 Å². The molecule has 3 rings (SSSR count). The molecule has 2 aliphatic rings. The summed E-state index contributed by atoms with van der Waals surface area (Å²) in [4.78, 5) is 14.4. The number of hydrogen-bond acceptors (Lipinski definition) is 2. The van der Waals surface area contributed by atoms with E-state index in [0.29, 0.717) is 5.41 Å². The molecule has 1 aliphatic heterocycles. The quantitative estimate of drug-likeness (QED) is 0.900. The van der Waals surface area contributed by atoms with Crippen LogP contribution >= 0.6 is 0 Å². The van der Waals surface area contributed by atoms with Gasteiger partial charge in [0.15, 0.2) is 0 Å². The summed E-state index contributed by atoms with van der Waals surface area (Å²) in [6.07, 6.45) is 3.76. The van der Waals surface area contributed by atoms with E-state index in [2.05, 4.69) is 29.3 Å². The van der Waals surface area contributed by atoms with Crippen molar-refractivity contribution in [3.05, 3.63) is 35.9 Å². The second-order valence-electron chi connectivity index (χ2n) is 6.02. The van der Waals surface area contributed by atoms with E-state index in [1.807, 2.05) is 25.1 Å². The van der Waals surface area contributed by atoms with Gasteiger partial charge in [-0.3, -0.25) is 10.1 Å². The molecular formula is C16H22N2O. The van der Waals surface area contributed by atoms with Crippen LogP contribution in [0.5, 0.6) is 0 Å². The number of nitrogens with zero attached hydrogens (tertiary/aromatic N) is 1. The molecule has 3 nitrogen and oxygen atoms in total. The van der Waals surface area contributed by atoms with Crippen molar-refractivity contribution < 1.29 is 4.79 Å². The lowest BCUT2D eigenvalue weighted by Crippen LogP contribution is -2.35. The van der Waals surface area contributed by atoms with Crippen LogP contribution in [0.3, 0.4) is 0 Å². The van der Waals surface area contributed by atoms with Crippen molar-refractivity contribution >= 4 is 5.91 Å². The van der Waals surface area contributed by atoms with Crippen molar-refractivity contribution in [1.29, 1.82) is 0 Å². The Morgan fingerprint density at radius 1 is 1.32 bits per heavy atom. The minimum absolute atomic E-state index is 0.0488. The van der Waals surface area contributed by atoms with Gasteiger partial charge in [0.25, 0.3) is 0 Å². The van der Waals surface area contributed by atoms with Crippen molar-refractivity contribution in [1.82, 2.24) is 10.2 Å². The summed E-state index contributed by atoms with van der Waals surface area (Å²) in [5.74, 6) is 0.244. The molecule has 1 amide bonds. The summed E-state index contributed by atoms with van der Waals surface area (Å²) in [6.45, 7) is 5.10. The van der Waals surface area contributed by atoms with Gasteiger partial charge in [-0.25, -0.2) is 0 Å². The maximum absolute atomic E-state index is 12.4. The van der Waals surface area contributed by atoms with Crippen molar-refractivity contribution in [2.75, 3.05) is 6.54 Å². The zero-order valence-corrected chi connectivity index (χ0v) is 11.7. The van der Waals surface area contributed by atoms with Crippen LogP contribution in [-0.4, -0.2) is 23.4 Å². The lowest BCUT2D eigenvalue weighted by atomic mass is 10.0. The zero-order chi connectivity index (χ0) is 13.5. The molecule has 2 unspecified atom stereocenters. The SMILES string of the molecule is CCC1(CN2C(=O)C(C)NC2c2ccccc2)CC1. The Bertz CT molecular complexity index is 467. The van der Waals surface area contributed by atoms with E-state index < -0.39 is 0 Å². The Morgan fingerprint density at radius 3 is 2.58 bits per heavy atom. The van der Waals surface area contributed by atoms with Gasteiger partial charge in [-0.2, -0.15) is 0 Å². The lowest BCUT2D eigenvalue weighted by molar-refractivity contribution is -0.130. The van der Waals surface area contributed by atoms with Crippen molar-refractivity contribution in [2.45, 2.75) is 45.3 Å². The maximum Gasteiger partial charge on any atom is 0.241 e. The van der Waals surface area contributed by atoms with E-state index in [9.17, 15) is 4.79 Å². The van der Waals surface area contributed by atoms with Gasteiger partial charge in [-0.15, -0.1) is 0 Å². The van der Waals surface area contributed by atoms with E-state index in [1.54, 1.807) is 0 Å². The number of rotatable bonds is 4. The average molecular weight is 258 g/mol. The van der Waals surface area contributed by atoms with E-state index in [-0.39, 0.29) is 18.1 Å². The number of benzene rings is 1. The Balaban J connectivity index is 1.84. The van der Waals surface area contributed by atoms with E-state index >= 15 is 0 Å². The molecule has 0 spiro atoms. The molecule has 0 aromatic heterocycles. The molecule has 1 aromatic rings. The predicted octanol–water partition coefficient (Wildman–Crippen LogP) is 2.70. The normalized spacial score (nSPS) is 28.7. The smallest absolute Gasteiger partial charge is 0.241 e. The van der Waals surface area contributed by atoms with Crippen LogP contribution in [0.1, 0.15) is 44.8 Å². The number of hydrogen-bond donors (Lipinski definition) is 1. The summed E-state index contributed by atoms with van der Waals surface area (Å²) < 4.78 is 0. The molecule has 1 aliphatic carbocycles. The molecule has 102 valence electrons. The first kappa shape index (κ1) is 12.7. The highest BCUT2D eigenvalue weighted by molar-refractivity contribution is 5.84. The van der Waals surface area contributed by atoms with Crippen LogP contribution in [0.2, 0.25) is 0 Å². The largest absolute Gasteiger partial charge is 0.321 e.